The van der Waals surface area contributed by atoms with Gasteiger partial charge in [0.1, 0.15) is 18.2 Å². The number of likely N-dealkylation sites (N-methyl/N-ethyl adjacent to an activating group) is 1. The van der Waals surface area contributed by atoms with Gasteiger partial charge < -0.3 is 19.7 Å². The maximum absolute atomic E-state index is 13.8. The van der Waals surface area contributed by atoms with Gasteiger partial charge in [-0.05, 0) is 36.4 Å². The third kappa shape index (κ3) is 3.44. The van der Waals surface area contributed by atoms with Gasteiger partial charge in [0, 0.05) is 61.3 Å². The van der Waals surface area contributed by atoms with Gasteiger partial charge in [0.2, 0.25) is 0 Å². The first kappa shape index (κ1) is 19.1. The SMILES string of the molecule is CN(CCN1CCOCC1)c1ccc2c(c1)CO/C2=C1/C(=O)Nc2ccc(F)cc21. The van der Waals surface area contributed by atoms with Crippen molar-refractivity contribution in [3.8, 4) is 0 Å². The van der Waals surface area contributed by atoms with Crippen LogP contribution in [0.25, 0.3) is 11.3 Å². The van der Waals surface area contributed by atoms with Crippen LogP contribution in [0.2, 0.25) is 0 Å². The molecule has 1 amide bonds. The summed E-state index contributed by atoms with van der Waals surface area (Å²) in [4.78, 5) is 17.2. The largest absolute Gasteiger partial charge is 0.487 e. The van der Waals surface area contributed by atoms with E-state index in [0.717, 1.165) is 56.2 Å². The number of rotatable bonds is 4. The lowest BCUT2D eigenvalue weighted by Crippen LogP contribution is -2.40. The lowest BCUT2D eigenvalue weighted by molar-refractivity contribution is -0.110. The van der Waals surface area contributed by atoms with Crippen LogP contribution in [-0.2, 0) is 20.9 Å². The number of hydrogen-bond acceptors (Lipinski definition) is 5. The molecule has 0 radical (unpaired) electrons. The number of fused-ring (bicyclic) bond motifs is 2. The molecular formula is C23H24FN3O3. The molecule has 2 aromatic rings. The van der Waals surface area contributed by atoms with Gasteiger partial charge in [0.05, 0.1) is 18.8 Å². The fourth-order valence-electron chi connectivity index (χ4n) is 4.20. The second kappa shape index (κ2) is 7.74. The summed E-state index contributed by atoms with van der Waals surface area (Å²) in [5.74, 6) is -0.113. The van der Waals surface area contributed by atoms with E-state index in [1.165, 1.54) is 12.1 Å². The fourth-order valence-corrected chi connectivity index (χ4v) is 4.20. The average Bonchev–Trinajstić information content (AvgIpc) is 3.31. The van der Waals surface area contributed by atoms with Gasteiger partial charge >= 0.3 is 0 Å². The number of halogens is 1. The molecule has 3 aliphatic rings. The second-order valence-electron chi connectivity index (χ2n) is 7.85. The van der Waals surface area contributed by atoms with Gasteiger partial charge in [-0.15, -0.1) is 0 Å². The molecule has 0 saturated carbocycles. The van der Waals surface area contributed by atoms with Crippen LogP contribution >= 0.6 is 0 Å². The highest BCUT2D eigenvalue weighted by Crippen LogP contribution is 2.42. The number of benzene rings is 2. The minimum absolute atomic E-state index is 0.259. The Balaban J connectivity index is 1.39. The van der Waals surface area contributed by atoms with E-state index in [1.54, 1.807) is 6.07 Å². The van der Waals surface area contributed by atoms with Crippen molar-refractivity contribution in [2.24, 2.45) is 0 Å². The Morgan fingerprint density at radius 1 is 1.13 bits per heavy atom. The van der Waals surface area contributed by atoms with E-state index in [4.69, 9.17) is 9.47 Å². The summed E-state index contributed by atoms with van der Waals surface area (Å²) < 4.78 is 25.1. The van der Waals surface area contributed by atoms with Gasteiger partial charge in [0.25, 0.3) is 5.91 Å². The summed E-state index contributed by atoms with van der Waals surface area (Å²) in [6.07, 6.45) is 0. The molecule has 0 unspecified atom stereocenters. The summed E-state index contributed by atoms with van der Waals surface area (Å²) in [7, 11) is 2.08. The Hall–Kier alpha value is -2.90. The molecule has 2 aromatic carbocycles. The Labute approximate surface area is 174 Å². The van der Waals surface area contributed by atoms with Crippen LogP contribution in [0.3, 0.4) is 0 Å². The zero-order chi connectivity index (χ0) is 20.7. The summed E-state index contributed by atoms with van der Waals surface area (Å²) in [6.45, 7) is 5.88. The minimum Gasteiger partial charge on any atom is -0.487 e. The van der Waals surface area contributed by atoms with E-state index >= 15 is 0 Å². The Morgan fingerprint density at radius 3 is 2.80 bits per heavy atom. The number of amides is 1. The van der Waals surface area contributed by atoms with Crippen LogP contribution in [0.15, 0.2) is 36.4 Å². The number of nitrogens with zero attached hydrogens (tertiary/aromatic N) is 2. The van der Waals surface area contributed by atoms with E-state index in [-0.39, 0.29) is 11.7 Å². The third-order valence-electron chi connectivity index (χ3n) is 5.95. The molecule has 5 rings (SSSR count). The minimum atomic E-state index is -0.376. The Morgan fingerprint density at radius 2 is 1.97 bits per heavy atom. The summed E-state index contributed by atoms with van der Waals surface area (Å²) >= 11 is 0. The maximum Gasteiger partial charge on any atom is 0.260 e. The van der Waals surface area contributed by atoms with Gasteiger partial charge in [-0.2, -0.15) is 0 Å². The van der Waals surface area contributed by atoms with Gasteiger partial charge in [-0.1, -0.05) is 0 Å². The molecule has 156 valence electrons. The molecule has 1 saturated heterocycles. The molecule has 3 heterocycles. The van der Waals surface area contributed by atoms with E-state index < -0.39 is 0 Å². The molecule has 3 aliphatic heterocycles. The standard InChI is InChI=1S/C23H24FN3O3/c1-26(6-7-27-8-10-29-11-9-27)17-3-4-18-15(12-17)14-30-22(18)21-19-13-16(24)2-5-20(19)25-23(21)28/h2-5,12-13H,6-11,14H2,1H3,(H,25,28)/b22-21+. The molecule has 0 spiro atoms. The number of carbonyl (C=O) groups is 1. The number of ether oxygens (including phenoxy) is 2. The topological polar surface area (TPSA) is 54.0 Å². The second-order valence-corrected chi connectivity index (χ2v) is 7.85. The molecule has 30 heavy (non-hydrogen) atoms. The van der Waals surface area contributed by atoms with Crippen molar-refractivity contribution in [3.63, 3.8) is 0 Å². The smallest absolute Gasteiger partial charge is 0.260 e. The Bertz CT molecular complexity index is 1030. The zero-order valence-electron chi connectivity index (χ0n) is 16.9. The van der Waals surface area contributed by atoms with Crippen LogP contribution in [0.4, 0.5) is 15.8 Å². The van der Waals surface area contributed by atoms with Crippen molar-refractivity contribution >= 4 is 28.6 Å². The summed E-state index contributed by atoms with van der Waals surface area (Å²) in [5, 5.41) is 2.79. The normalized spacial score (nSPS) is 20.5. The van der Waals surface area contributed by atoms with Gasteiger partial charge in [0.15, 0.2) is 0 Å². The van der Waals surface area contributed by atoms with E-state index in [0.29, 0.717) is 29.2 Å². The zero-order valence-corrected chi connectivity index (χ0v) is 16.9. The number of morpholine rings is 1. The number of nitrogens with one attached hydrogen (secondary N) is 1. The Kier molecular flexibility index (Phi) is 4.92. The predicted octanol–water partition coefficient (Wildman–Crippen LogP) is 2.94. The molecule has 6 nitrogen and oxygen atoms in total. The fraction of sp³-hybridized carbons (Fsp3) is 0.348. The first-order valence-electron chi connectivity index (χ1n) is 10.2. The summed E-state index contributed by atoms with van der Waals surface area (Å²) in [6, 6.07) is 10.5. The lowest BCUT2D eigenvalue weighted by Gasteiger charge is -2.29. The highest BCUT2D eigenvalue weighted by atomic mass is 19.1. The van der Waals surface area contributed by atoms with Crippen LogP contribution in [0.1, 0.15) is 16.7 Å². The third-order valence-corrected chi connectivity index (χ3v) is 5.95. The summed E-state index contributed by atoms with van der Waals surface area (Å²) in [5.41, 5.74) is 4.60. The molecule has 0 aromatic heterocycles. The van der Waals surface area contributed by atoms with Crippen molar-refractivity contribution in [1.82, 2.24) is 4.90 Å². The number of hydrogen-bond donors (Lipinski definition) is 1. The first-order valence-corrected chi connectivity index (χ1v) is 10.2. The highest BCUT2D eigenvalue weighted by molar-refractivity contribution is 6.36. The lowest BCUT2D eigenvalue weighted by atomic mass is 10.00. The number of carbonyl (C=O) groups excluding carboxylic acids is 1. The van der Waals surface area contributed by atoms with Gasteiger partial charge in [-0.3, -0.25) is 9.69 Å². The van der Waals surface area contributed by atoms with E-state index in [1.807, 2.05) is 12.1 Å². The van der Waals surface area contributed by atoms with Crippen molar-refractivity contribution in [2.75, 3.05) is 56.7 Å². The van der Waals surface area contributed by atoms with E-state index in [9.17, 15) is 9.18 Å². The van der Waals surface area contributed by atoms with Crippen molar-refractivity contribution in [1.29, 1.82) is 0 Å². The molecule has 0 bridgehead atoms. The van der Waals surface area contributed by atoms with E-state index in [2.05, 4.69) is 28.2 Å². The van der Waals surface area contributed by atoms with Crippen molar-refractivity contribution in [3.05, 3.63) is 58.9 Å². The van der Waals surface area contributed by atoms with Crippen molar-refractivity contribution in [2.45, 2.75) is 6.61 Å². The average molecular weight is 409 g/mol. The predicted molar refractivity (Wildman–Crippen MR) is 114 cm³/mol. The van der Waals surface area contributed by atoms with Crippen LogP contribution in [0.5, 0.6) is 0 Å². The monoisotopic (exact) mass is 409 g/mol. The molecule has 7 heteroatoms. The maximum atomic E-state index is 13.8. The molecule has 1 fully saturated rings. The molecular weight excluding hydrogens is 385 g/mol. The quantitative estimate of drug-likeness (QED) is 0.787. The van der Waals surface area contributed by atoms with Crippen LogP contribution in [-0.4, -0.2) is 57.2 Å². The van der Waals surface area contributed by atoms with Crippen LogP contribution < -0.4 is 10.2 Å². The first-order chi connectivity index (χ1) is 14.6. The molecule has 1 N–H and O–H groups in total. The van der Waals surface area contributed by atoms with Crippen LogP contribution in [0, 0.1) is 5.82 Å². The molecule has 0 aliphatic carbocycles. The number of anilines is 2. The van der Waals surface area contributed by atoms with Crippen molar-refractivity contribution < 1.29 is 18.7 Å². The molecule has 0 atom stereocenters. The highest BCUT2D eigenvalue weighted by Gasteiger charge is 2.33. The van der Waals surface area contributed by atoms with Gasteiger partial charge in [-0.25, -0.2) is 4.39 Å².